The van der Waals surface area contributed by atoms with Crippen LogP contribution in [0.1, 0.15) is 11.7 Å². The summed E-state index contributed by atoms with van der Waals surface area (Å²) in [5.41, 5.74) is -0.266. The molecule has 0 aliphatic carbocycles. The molecule has 0 amide bonds. The van der Waals surface area contributed by atoms with Crippen LogP contribution < -0.4 is 0 Å². The van der Waals surface area contributed by atoms with Crippen molar-refractivity contribution in [2.75, 3.05) is 6.26 Å². The Morgan fingerprint density at radius 1 is 1.38 bits per heavy atom. The number of rotatable bonds is 3. The summed E-state index contributed by atoms with van der Waals surface area (Å²) in [7, 11) is -3.95. The molecule has 0 radical (unpaired) electrons. The quantitative estimate of drug-likeness (QED) is 0.865. The summed E-state index contributed by atoms with van der Waals surface area (Å²) in [5, 5.41) is 9.68. The number of halogens is 3. The average Bonchev–Trinajstić information content (AvgIpc) is 2.15. The van der Waals surface area contributed by atoms with Crippen LogP contribution >= 0.6 is 23.2 Å². The van der Waals surface area contributed by atoms with Crippen molar-refractivity contribution < 1.29 is 17.9 Å². The molecule has 0 fully saturated rings. The van der Waals surface area contributed by atoms with Gasteiger partial charge < -0.3 is 5.11 Å². The second kappa shape index (κ2) is 4.49. The minimum absolute atomic E-state index is 0.266. The highest BCUT2D eigenvalue weighted by Crippen LogP contribution is 2.40. The highest BCUT2D eigenvalue weighted by Gasteiger charge is 2.45. The zero-order valence-corrected chi connectivity index (χ0v) is 10.5. The first kappa shape index (κ1) is 13.7. The van der Waals surface area contributed by atoms with Gasteiger partial charge in [0.25, 0.3) is 0 Å². The molecule has 0 spiro atoms. The molecule has 1 N–H and O–H groups in total. The van der Waals surface area contributed by atoms with Crippen molar-refractivity contribution in [3.63, 3.8) is 0 Å². The topological polar surface area (TPSA) is 54.4 Å². The van der Waals surface area contributed by atoms with Crippen LogP contribution in [0.3, 0.4) is 0 Å². The van der Waals surface area contributed by atoms with Gasteiger partial charge >= 0.3 is 0 Å². The minimum atomic E-state index is -3.95. The summed E-state index contributed by atoms with van der Waals surface area (Å²) in [5.74, 6) is -0.774. The van der Waals surface area contributed by atoms with Crippen LogP contribution in [0.4, 0.5) is 4.39 Å². The van der Waals surface area contributed by atoms with E-state index in [1.165, 1.54) is 18.2 Å². The zero-order valence-electron chi connectivity index (χ0n) is 8.19. The van der Waals surface area contributed by atoms with Gasteiger partial charge in [0.2, 0.25) is 3.67 Å². The van der Waals surface area contributed by atoms with E-state index in [0.717, 1.165) is 12.3 Å². The van der Waals surface area contributed by atoms with Gasteiger partial charge in [0.1, 0.15) is 11.9 Å². The van der Waals surface area contributed by atoms with Gasteiger partial charge in [-0.05, 0) is 6.07 Å². The molecule has 0 saturated carbocycles. The van der Waals surface area contributed by atoms with Crippen LogP contribution in [0.5, 0.6) is 0 Å². The Morgan fingerprint density at radius 3 is 2.31 bits per heavy atom. The maximum atomic E-state index is 13.3. The van der Waals surface area contributed by atoms with Crippen molar-refractivity contribution in [1.29, 1.82) is 0 Å². The Kier molecular flexibility index (Phi) is 3.84. The smallest absolute Gasteiger partial charge is 0.247 e. The predicted octanol–water partition coefficient (Wildman–Crippen LogP) is 2.04. The third-order valence-electron chi connectivity index (χ3n) is 2.01. The second-order valence-electron chi connectivity index (χ2n) is 3.26. The van der Waals surface area contributed by atoms with E-state index in [4.69, 9.17) is 23.2 Å². The normalized spacial score (nSPS) is 14.8. The van der Waals surface area contributed by atoms with Gasteiger partial charge in [-0.2, -0.15) is 0 Å². The number of benzene rings is 1. The number of aliphatic hydroxyl groups excluding tert-OH is 1. The Morgan fingerprint density at radius 2 is 1.88 bits per heavy atom. The molecule has 3 nitrogen and oxygen atoms in total. The van der Waals surface area contributed by atoms with Crippen molar-refractivity contribution in [1.82, 2.24) is 0 Å². The molecule has 16 heavy (non-hydrogen) atoms. The zero-order chi connectivity index (χ0) is 12.6. The molecule has 1 atom stereocenters. The van der Waals surface area contributed by atoms with Gasteiger partial charge in [0, 0.05) is 11.8 Å². The molecule has 0 aliphatic rings. The third kappa shape index (κ3) is 2.48. The fourth-order valence-electron chi connectivity index (χ4n) is 1.08. The molecule has 7 heteroatoms. The molecule has 0 heterocycles. The third-order valence-corrected chi connectivity index (χ3v) is 5.32. The van der Waals surface area contributed by atoms with Crippen LogP contribution in [0.25, 0.3) is 0 Å². The van der Waals surface area contributed by atoms with Crippen LogP contribution in [0.15, 0.2) is 24.3 Å². The minimum Gasteiger partial charge on any atom is -0.384 e. The maximum absolute atomic E-state index is 13.3. The van der Waals surface area contributed by atoms with Crippen molar-refractivity contribution >= 4 is 33.0 Å². The molecule has 90 valence electrons. The molecular weight excluding hydrogens is 278 g/mol. The Bertz CT molecular complexity index is 487. The molecule has 0 bridgehead atoms. The number of hydrogen-bond donors (Lipinski definition) is 1. The van der Waals surface area contributed by atoms with Crippen LogP contribution in [-0.2, 0) is 9.84 Å². The molecule has 1 aromatic carbocycles. The highest BCUT2D eigenvalue weighted by molar-refractivity contribution is 7.94. The van der Waals surface area contributed by atoms with E-state index in [-0.39, 0.29) is 5.56 Å². The van der Waals surface area contributed by atoms with Crippen LogP contribution in [-0.4, -0.2) is 23.4 Å². The van der Waals surface area contributed by atoms with Crippen molar-refractivity contribution in [3.05, 3.63) is 35.6 Å². The summed E-state index contributed by atoms with van der Waals surface area (Å²) in [4.78, 5) is 0. The fraction of sp³-hybridized carbons (Fsp3) is 0.333. The summed E-state index contributed by atoms with van der Waals surface area (Å²) in [6.07, 6.45) is -1.09. The van der Waals surface area contributed by atoms with Gasteiger partial charge in [-0.25, -0.2) is 12.8 Å². The van der Waals surface area contributed by atoms with E-state index < -0.39 is 25.4 Å². The van der Waals surface area contributed by atoms with E-state index >= 15 is 0 Å². The van der Waals surface area contributed by atoms with E-state index in [1.807, 2.05) is 0 Å². The standard InChI is InChI=1S/C9H9Cl2FO3S/c1-16(14,15)9(10,11)8(13)6-4-2-3-5-7(6)12/h2-5,8,13H,1H3/t8-/m0/s1. The SMILES string of the molecule is CS(=O)(=O)C(Cl)(Cl)[C@@H](O)c1ccccc1F. The summed E-state index contributed by atoms with van der Waals surface area (Å²) >= 11 is 11.1. The lowest BCUT2D eigenvalue weighted by molar-refractivity contribution is 0.176. The summed E-state index contributed by atoms with van der Waals surface area (Å²) in [6.45, 7) is 0. The van der Waals surface area contributed by atoms with Crippen LogP contribution in [0, 0.1) is 5.82 Å². The van der Waals surface area contributed by atoms with Gasteiger partial charge in [0.15, 0.2) is 9.84 Å². The first-order valence-corrected chi connectivity index (χ1v) is 6.82. The van der Waals surface area contributed by atoms with Crippen molar-refractivity contribution in [2.24, 2.45) is 0 Å². The monoisotopic (exact) mass is 286 g/mol. The fourth-order valence-corrected chi connectivity index (χ4v) is 1.85. The van der Waals surface area contributed by atoms with Crippen molar-refractivity contribution in [2.45, 2.75) is 9.77 Å². The van der Waals surface area contributed by atoms with Gasteiger partial charge in [-0.15, -0.1) is 0 Å². The van der Waals surface area contributed by atoms with E-state index in [2.05, 4.69) is 0 Å². The molecule has 0 saturated heterocycles. The van der Waals surface area contributed by atoms with Crippen molar-refractivity contribution in [3.8, 4) is 0 Å². The highest BCUT2D eigenvalue weighted by atomic mass is 35.5. The molecule has 0 aromatic heterocycles. The molecule has 1 rings (SSSR count). The number of sulfone groups is 1. The van der Waals surface area contributed by atoms with E-state index in [0.29, 0.717) is 0 Å². The van der Waals surface area contributed by atoms with E-state index in [9.17, 15) is 17.9 Å². The Labute approximate surface area is 103 Å². The lowest BCUT2D eigenvalue weighted by Crippen LogP contribution is -2.33. The van der Waals surface area contributed by atoms with Gasteiger partial charge in [-0.3, -0.25) is 0 Å². The number of alkyl halides is 2. The summed E-state index contributed by atoms with van der Waals surface area (Å²) in [6, 6.07) is 5.12. The Hall–Kier alpha value is -0.360. The largest absolute Gasteiger partial charge is 0.384 e. The predicted molar refractivity (Wildman–Crippen MR) is 60.6 cm³/mol. The van der Waals surface area contributed by atoms with Crippen LogP contribution in [0.2, 0.25) is 0 Å². The molecule has 0 aliphatic heterocycles. The molecular formula is C9H9Cl2FO3S. The lowest BCUT2D eigenvalue weighted by Gasteiger charge is -2.24. The lowest BCUT2D eigenvalue weighted by atomic mass is 10.1. The first-order chi connectivity index (χ1) is 7.18. The number of hydrogen-bond acceptors (Lipinski definition) is 3. The number of aliphatic hydroxyl groups is 1. The first-order valence-electron chi connectivity index (χ1n) is 4.18. The Balaban J connectivity index is 3.23. The second-order valence-corrected chi connectivity index (χ2v) is 7.28. The summed E-state index contributed by atoms with van der Waals surface area (Å²) < 4.78 is 33.3. The molecule has 0 unspecified atom stereocenters. The van der Waals surface area contributed by atoms with Gasteiger partial charge in [0.05, 0.1) is 0 Å². The maximum Gasteiger partial charge on any atom is 0.247 e. The van der Waals surface area contributed by atoms with Gasteiger partial charge in [-0.1, -0.05) is 41.4 Å². The average molecular weight is 287 g/mol. The molecule has 1 aromatic rings. The van der Waals surface area contributed by atoms with E-state index in [1.54, 1.807) is 0 Å².